The van der Waals surface area contributed by atoms with Gasteiger partial charge in [0.05, 0.1) is 11.3 Å². The normalized spacial score (nSPS) is 14.1. The van der Waals surface area contributed by atoms with Crippen molar-refractivity contribution in [2.24, 2.45) is 0 Å². The molecular formula is C19H22N6O. The molecule has 2 aromatic rings. The Morgan fingerprint density at radius 3 is 2.46 bits per heavy atom. The molecule has 2 heterocycles. The van der Waals surface area contributed by atoms with Crippen LogP contribution >= 0.6 is 0 Å². The molecule has 7 nitrogen and oxygen atoms in total. The average molecular weight is 350 g/mol. The highest BCUT2D eigenvalue weighted by Crippen LogP contribution is 2.25. The van der Waals surface area contributed by atoms with Crippen LogP contribution in [-0.2, 0) is 0 Å². The van der Waals surface area contributed by atoms with Gasteiger partial charge in [0.1, 0.15) is 11.9 Å². The number of carbonyl (C=O) groups is 1. The van der Waals surface area contributed by atoms with E-state index < -0.39 is 0 Å². The summed E-state index contributed by atoms with van der Waals surface area (Å²) in [7, 11) is 3.84. The molecule has 0 radical (unpaired) electrons. The third-order valence-corrected chi connectivity index (χ3v) is 4.50. The second-order valence-electron chi connectivity index (χ2n) is 6.48. The number of rotatable bonds is 4. The van der Waals surface area contributed by atoms with Gasteiger partial charge >= 0.3 is 0 Å². The van der Waals surface area contributed by atoms with Gasteiger partial charge in [-0.15, -0.1) is 0 Å². The van der Waals surface area contributed by atoms with E-state index in [9.17, 15) is 10.1 Å². The summed E-state index contributed by atoms with van der Waals surface area (Å²) in [6.07, 6.45) is 1.77. The molecule has 1 aromatic carbocycles. The van der Waals surface area contributed by atoms with Gasteiger partial charge in [0.25, 0.3) is 0 Å². The zero-order valence-electron chi connectivity index (χ0n) is 15.3. The van der Waals surface area contributed by atoms with Gasteiger partial charge in [-0.2, -0.15) is 10.2 Å². The minimum atomic E-state index is 0.00609. The molecule has 0 saturated carbocycles. The van der Waals surface area contributed by atoms with Crippen molar-refractivity contribution in [3.8, 4) is 6.07 Å². The third kappa shape index (κ3) is 3.59. The topological polar surface area (TPSA) is 76.4 Å². The van der Waals surface area contributed by atoms with Gasteiger partial charge in [-0.05, 0) is 31.2 Å². The zero-order chi connectivity index (χ0) is 18.7. The lowest BCUT2D eigenvalue weighted by atomic mass is 10.1. The fourth-order valence-electron chi connectivity index (χ4n) is 3.01. The number of nitrogens with zero attached hydrogens (tertiary/aromatic N) is 6. The summed E-state index contributed by atoms with van der Waals surface area (Å²) in [5.41, 5.74) is 2.06. The van der Waals surface area contributed by atoms with Crippen molar-refractivity contribution in [2.45, 2.75) is 6.92 Å². The average Bonchev–Trinajstić information content (AvgIpc) is 2.67. The van der Waals surface area contributed by atoms with Crippen LogP contribution < -0.4 is 14.7 Å². The van der Waals surface area contributed by atoms with E-state index in [1.807, 2.05) is 31.1 Å². The molecule has 0 aliphatic carbocycles. The molecule has 7 heteroatoms. The first kappa shape index (κ1) is 17.7. The SMILES string of the molecule is CC(=O)c1ccc(C#N)c(N2CCN(c3ccnc(N(C)C)n3)CC2)c1. The Kier molecular flexibility index (Phi) is 5.03. The monoisotopic (exact) mass is 350 g/mol. The van der Waals surface area contributed by atoms with Crippen molar-refractivity contribution in [3.05, 3.63) is 41.6 Å². The fraction of sp³-hybridized carbons (Fsp3) is 0.368. The quantitative estimate of drug-likeness (QED) is 0.780. The minimum absolute atomic E-state index is 0.00609. The molecule has 0 atom stereocenters. The van der Waals surface area contributed by atoms with E-state index in [0.29, 0.717) is 17.1 Å². The highest BCUT2D eigenvalue weighted by molar-refractivity contribution is 5.95. The number of benzene rings is 1. The van der Waals surface area contributed by atoms with Crippen LogP contribution in [0.3, 0.4) is 0 Å². The van der Waals surface area contributed by atoms with Crippen molar-refractivity contribution >= 4 is 23.2 Å². The summed E-state index contributed by atoms with van der Waals surface area (Å²) in [5, 5.41) is 9.40. The number of ketones is 1. The molecular weight excluding hydrogens is 328 g/mol. The summed E-state index contributed by atoms with van der Waals surface area (Å²) >= 11 is 0. The highest BCUT2D eigenvalue weighted by atomic mass is 16.1. The van der Waals surface area contributed by atoms with Crippen LogP contribution in [0.2, 0.25) is 0 Å². The first-order chi connectivity index (χ1) is 12.5. The maximum absolute atomic E-state index is 11.7. The number of piperazine rings is 1. The van der Waals surface area contributed by atoms with Crippen molar-refractivity contribution in [1.82, 2.24) is 9.97 Å². The first-order valence-electron chi connectivity index (χ1n) is 8.55. The molecule has 0 amide bonds. The molecule has 0 N–H and O–H groups in total. The molecule has 1 aromatic heterocycles. The minimum Gasteiger partial charge on any atom is -0.367 e. The van der Waals surface area contributed by atoms with E-state index in [4.69, 9.17) is 0 Å². The molecule has 1 aliphatic rings. The lowest BCUT2D eigenvalue weighted by Crippen LogP contribution is -2.47. The van der Waals surface area contributed by atoms with Gasteiger partial charge in [0, 0.05) is 52.0 Å². The van der Waals surface area contributed by atoms with Crippen molar-refractivity contribution in [1.29, 1.82) is 5.26 Å². The fourth-order valence-corrected chi connectivity index (χ4v) is 3.01. The number of carbonyl (C=O) groups excluding carboxylic acids is 1. The molecule has 134 valence electrons. The molecule has 1 fully saturated rings. The second-order valence-corrected chi connectivity index (χ2v) is 6.48. The Hall–Kier alpha value is -3.14. The Morgan fingerprint density at radius 1 is 1.15 bits per heavy atom. The van der Waals surface area contributed by atoms with Gasteiger partial charge < -0.3 is 14.7 Å². The van der Waals surface area contributed by atoms with E-state index in [2.05, 4.69) is 25.8 Å². The van der Waals surface area contributed by atoms with E-state index >= 15 is 0 Å². The van der Waals surface area contributed by atoms with Crippen LogP contribution in [0.1, 0.15) is 22.8 Å². The van der Waals surface area contributed by atoms with Gasteiger partial charge in [-0.3, -0.25) is 4.79 Å². The molecule has 3 rings (SSSR count). The Morgan fingerprint density at radius 2 is 1.85 bits per heavy atom. The van der Waals surface area contributed by atoms with Gasteiger partial charge in [0.2, 0.25) is 5.95 Å². The van der Waals surface area contributed by atoms with Crippen molar-refractivity contribution in [3.63, 3.8) is 0 Å². The number of hydrogen-bond donors (Lipinski definition) is 0. The Bertz CT molecular complexity index is 849. The maximum atomic E-state index is 11.7. The van der Waals surface area contributed by atoms with Crippen molar-refractivity contribution in [2.75, 3.05) is 55.0 Å². The third-order valence-electron chi connectivity index (χ3n) is 4.50. The summed E-state index contributed by atoms with van der Waals surface area (Å²) in [6, 6.07) is 9.41. The smallest absolute Gasteiger partial charge is 0.226 e. The molecule has 26 heavy (non-hydrogen) atoms. The number of aromatic nitrogens is 2. The summed E-state index contributed by atoms with van der Waals surface area (Å²) in [6.45, 7) is 4.65. The number of anilines is 3. The summed E-state index contributed by atoms with van der Waals surface area (Å²) in [4.78, 5) is 26.8. The molecule has 0 unspecified atom stereocenters. The zero-order valence-corrected chi connectivity index (χ0v) is 15.3. The van der Waals surface area contributed by atoms with Gasteiger partial charge in [-0.25, -0.2) is 4.98 Å². The van der Waals surface area contributed by atoms with Gasteiger partial charge in [-0.1, -0.05) is 0 Å². The maximum Gasteiger partial charge on any atom is 0.226 e. The summed E-state index contributed by atoms with van der Waals surface area (Å²) in [5.74, 6) is 1.60. The van der Waals surface area contributed by atoms with Crippen molar-refractivity contribution < 1.29 is 4.79 Å². The van der Waals surface area contributed by atoms with Crippen LogP contribution in [-0.4, -0.2) is 56.0 Å². The number of Topliss-reactive ketones (excluding diaryl/α,β-unsaturated/α-hetero) is 1. The molecule has 0 bridgehead atoms. The molecule has 1 aliphatic heterocycles. The van der Waals surface area contributed by atoms with E-state index in [-0.39, 0.29) is 5.78 Å². The van der Waals surface area contributed by atoms with Crippen LogP contribution in [0.4, 0.5) is 17.5 Å². The predicted molar refractivity (Wildman–Crippen MR) is 102 cm³/mol. The van der Waals surface area contributed by atoms with Crippen LogP contribution in [0.5, 0.6) is 0 Å². The largest absolute Gasteiger partial charge is 0.367 e. The van der Waals surface area contributed by atoms with E-state index in [1.165, 1.54) is 0 Å². The van der Waals surface area contributed by atoms with Crippen LogP contribution in [0.25, 0.3) is 0 Å². The van der Waals surface area contributed by atoms with Crippen LogP contribution in [0, 0.1) is 11.3 Å². The molecule has 0 spiro atoms. The standard InChI is InChI=1S/C19H22N6O/c1-14(26)15-4-5-16(13-20)17(12-15)24-8-10-25(11-9-24)18-6-7-21-19(22-18)23(2)3/h4-7,12H,8-11H2,1-3H3. The second kappa shape index (κ2) is 7.40. The van der Waals surface area contributed by atoms with E-state index in [1.54, 1.807) is 25.3 Å². The van der Waals surface area contributed by atoms with Gasteiger partial charge in [0.15, 0.2) is 5.78 Å². The van der Waals surface area contributed by atoms with Crippen LogP contribution in [0.15, 0.2) is 30.5 Å². The Labute approximate surface area is 153 Å². The Balaban J connectivity index is 1.77. The lowest BCUT2D eigenvalue weighted by Gasteiger charge is -2.37. The highest BCUT2D eigenvalue weighted by Gasteiger charge is 2.21. The van der Waals surface area contributed by atoms with E-state index in [0.717, 1.165) is 37.7 Å². The number of hydrogen-bond acceptors (Lipinski definition) is 7. The predicted octanol–water partition coefficient (Wildman–Crippen LogP) is 1.94. The lowest BCUT2D eigenvalue weighted by molar-refractivity contribution is 0.101. The number of nitriles is 1. The summed E-state index contributed by atoms with van der Waals surface area (Å²) < 4.78 is 0. The molecule has 1 saturated heterocycles. The first-order valence-corrected chi connectivity index (χ1v) is 8.55.